The molecule has 2 amide bonds. The van der Waals surface area contributed by atoms with E-state index in [2.05, 4.69) is 15.9 Å². The number of thioether (sulfide) groups is 1. The van der Waals surface area contributed by atoms with Gasteiger partial charge in [0.1, 0.15) is 0 Å². The van der Waals surface area contributed by atoms with Crippen LogP contribution in [0.4, 0.5) is 4.79 Å². The Balaban J connectivity index is 2.33. The van der Waals surface area contributed by atoms with Gasteiger partial charge in [0, 0.05) is 6.54 Å². The predicted molar refractivity (Wildman–Crippen MR) is 88.7 cm³/mol. The number of nitrogens with zero attached hydrogens (tertiary/aromatic N) is 1. The maximum atomic E-state index is 12.1. The second-order valence-corrected chi connectivity index (χ2v) is 6.61. The van der Waals surface area contributed by atoms with Crippen molar-refractivity contribution >= 4 is 56.5 Å². The first-order valence-corrected chi connectivity index (χ1v) is 8.25. The van der Waals surface area contributed by atoms with E-state index in [1.807, 2.05) is 6.92 Å². The minimum atomic E-state index is -0.255. The lowest BCUT2D eigenvalue weighted by Crippen LogP contribution is -2.28. The normalized spacial score (nSPS) is 17.0. The molecule has 0 aromatic heterocycles. The van der Waals surface area contributed by atoms with E-state index in [-0.39, 0.29) is 11.1 Å². The molecule has 21 heavy (non-hydrogen) atoms. The SMILES string of the molecule is CCCN1C(=O)S/C(=C/c2cc(Cl)c(OC)c(Br)c2)C1=O. The predicted octanol–water partition coefficient (Wildman–Crippen LogP) is 4.56. The second-order valence-electron chi connectivity index (χ2n) is 4.35. The van der Waals surface area contributed by atoms with Gasteiger partial charge in [-0.2, -0.15) is 0 Å². The van der Waals surface area contributed by atoms with Gasteiger partial charge in [-0.3, -0.25) is 14.5 Å². The molecule has 0 aliphatic carbocycles. The number of amides is 2. The Morgan fingerprint density at radius 2 is 2.14 bits per heavy atom. The van der Waals surface area contributed by atoms with Crippen molar-refractivity contribution in [1.82, 2.24) is 4.90 Å². The Bertz CT molecular complexity index is 610. The molecule has 0 unspecified atom stereocenters. The number of ether oxygens (including phenoxy) is 1. The van der Waals surface area contributed by atoms with Crippen molar-refractivity contribution in [3.63, 3.8) is 0 Å². The molecule has 0 saturated carbocycles. The first kappa shape index (κ1) is 16.4. The third-order valence-electron chi connectivity index (χ3n) is 2.84. The van der Waals surface area contributed by atoms with E-state index in [0.29, 0.717) is 26.7 Å². The van der Waals surface area contributed by atoms with Crippen LogP contribution in [0.1, 0.15) is 18.9 Å². The molecule has 7 heteroatoms. The Morgan fingerprint density at radius 3 is 2.71 bits per heavy atom. The van der Waals surface area contributed by atoms with Crippen molar-refractivity contribution < 1.29 is 14.3 Å². The van der Waals surface area contributed by atoms with E-state index in [1.165, 1.54) is 12.0 Å². The molecule has 1 saturated heterocycles. The van der Waals surface area contributed by atoms with Gasteiger partial charge in [-0.15, -0.1) is 0 Å². The van der Waals surface area contributed by atoms with Gasteiger partial charge >= 0.3 is 0 Å². The Hall–Kier alpha value is -0.980. The molecule has 4 nitrogen and oxygen atoms in total. The molecule has 0 atom stereocenters. The average molecular weight is 391 g/mol. The van der Waals surface area contributed by atoms with Gasteiger partial charge in [-0.25, -0.2) is 0 Å². The zero-order chi connectivity index (χ0) is 15.6. The van der Waals surface area contributed by atoms with Gasteiger partial charge in [0.05, 0.1) is 21.5 Å². The van der Waals surface area contributed by atoms with Gasteiger partial charge in [0.2, 0.25) is 0 Å². The third-order valence-corrected chi connectivity index (χ3v) is 4.62. The van der Waals surface area contributed by atoms with Crippen LogP contribution in [0.15, 0.2) is 21.5 Å². The maximum absolute atomic E-state index is 12.1. The molecule has 2 rings (SSSR count). The van der Waals surface area contributed by atoms with E-state index in [0.717, 1.165) is 23.7 Å². The standard InChI is InChI=1S/C14H13BrClNO3S/c1-3-4-17-13(18)11(21-14(17)19)7-8-5-9(15)12(20-2)10(16)6-8/h5-7H,3-4H2,1-2H3/b11-7+. The minimum Gasteiger partial charge on any atom is -0.494 e. The van der Waals surface area contributed by atoms with Gasteiger partial charge < -0.3 is 4.74 Å². The largest absolute Gasteiger partial charge is 0.494 e. The number of benzene rings is 1. The molecule has 0 N–H and O–H groups in total. The number of carbonyl (C=O) groups is 2. The number of hydrogen-bond donors (Lipinski definition) is 0. The highest BCUT2D eigenvalue weighted by molar-refractivity contribution is 9.10. The minimum absolute atomic E-state index is 0.230. The molecule has 1 aromatic rings. The lowest BCUT2D eigenvalue weighted by atomic mass is 10.2. The van der Waals surface area contributed by atoms with Crippen LogP contribution in [0.5, 0.6) is 5.75 Å². The number of methoxy groups -OCH3 is 1. The smallest absolute Gasteiger partial charge is 0.293 e. The van der Waals surface area contributed by atoms with Crippen LogP contribution in [-0.2, 0) is 4.79 Å². The molecule has 1 aromatic carbocycles. The molecule has 1 aliphatic rings. The van der Waals surface area contributed by atoms with Crippen LogP contribution < -0.4 is 4.74 Å². The third kappa shape index (κ3) is 3.44. The molecule has 0 spiro atoms. The van der Waals surface area contributed by atoms with Crippen molar-refractivity contribution in [2.24, 2.45) is 0 Å². The van der Waals surface area contributed by atoms with Gasteiger partial charge in [-0.1, -0.05) is 18.5 Å². The quantitative estimate of drug-likeness (QED) is 0.707. The number of rotatable bonds is 4. The van der Waals surface area contributed by atoms with E-state index in [9.17, 15) is 9.59 Å². The van der Waals surface area contributed by atoms with Crippen molar-refractivity contribution in [3.8, 4) is 5.75 Å². The molecule has 1 fully saturated rings. The van der Waals surface area contributed by atoms with Crippen molar-refractivity contribution in [3.05, 3.63) is 32.1 Å². The van der Waals surface area contributed by atoms with Crippen molar-refractivity contribution in [1.29, 1.82) is 0 Å². The maximum Gasteiger partial charge on any atom is 0.293 e. The fourth-order valence-corrected chi connectivity index (χ4v) is 3.85. The van der Waals surface area contributed by atoms with E-state index < -0.39 is 0 Å². The fraction of sp³-hybridized carbons (Fsp3) is 0.286. The molecule has 0 bridgehead atoms. The van der Waals surface area contributed by atoms with Crippen LogP contribution in [-0.4, -0.2) is 29.7 Å². The number of hydrogen-bond acceptors (Lipinski definition) is 4. The van der Waals surface area contributed by atoms with Crippen molar-refractivity contribution in [2.75, 3.05) is 13.7 Å². The summed E-state index contributed by atoms with van der Waals surface area (Å²) >= 11 is 10.4. The van der Waals surface area contributed by atoms with Crippen LogP contribution in [0.25, 0.3) is 6.08 Å². The first-order chi connectivity index (χ1) is 9.97. The zero-order valence-electron chi connectivity index (χ0n) is 11.5. The number of halogens is 2. The Kier molecular flexibility index (Phi) is 5.35. The summed E-state index contributed by atoms with van der Waals surface area (Å²) in [6.07, 6.45) is 2.40. The zero-order valence-corrected chi connectivity index (χ0v) is 14.6. The van der Waals surface area contributed by atoms with Gasteiger partial charge in [0.25, 0.3) is 11.1 Å². The summed E-state index contributed by atoms with van der Waals surface area (Å²) in [4.78, 5) is 25.6. The molecular formula is C14H13BrClNO3S. The topological polar surface area (TPSA) is 46.6 Å². The van der Waals surface area contributed by atoms with E-state index in [1.54, 1.807) is 18.2 Å². The average Bonchev–Trinajstić information content (AvgIpc) is 2.66. The number of imide groups is 1. The van der Waals surface area contributed by atoms with Crippen LogP contribution in [0, 0.1) is 0 Å². The van der Waals surface area contributed by atoms with Gasteiger partial charge in [-0.05, 0) is 57.9 Å². The molecule has 0 radical (unpaired) electrons. The molecule has 1 heterocycles. The fourth-order valence-electron chi connectivity index (χ4n) is 1.93. The lowest BCUT2D eigenvalue weighted by molar-refractivity contribution is -0.122. The summed E-state index contributed by atoms with van der Waals surface area (Å²) in [5, 5.41) is 0.206. The highest BCUT2D eigenvalue weighted by atomic mass is 79.9. The summed E-state index contributed by atoms with van der Waals surface area (Å²) < 4.78 is 5.85. The Labute approximate surface area is 140 Å². The van der Waals surface area contributed by atoms with Crippen LogP contribution >= 0.6 is 39.3 Å². The van der Waals surface area contributed by atoms with E-state index >= 15 is 0 Å². The van der Waals surface area contributed by atoms with Crippen LogP contribution in [0.3, 0.4) is 0 Å². The molecular weight excluding hydrogens is 378 g/mol. The molecule has 112 valence electrons. The summed E-state index contributed by atoms with van der Waals surface area (Å²) in [7, 11) is 1.53. The summed E-state index contributed by atoms with van der Waals surface area (Å²) in [5.74, 6) is 0.280. The highest BCUT2D eigenvalue weighted by Gasteiger charge is 2.34. The van der Waals surface area contributed by atoms with Crippen molar-refractivity contribution in [2.45, 2.75) is 13.3 Å². The van der Waals surface area contributed by atoms with Gasteiger partial charge in [0.15, 0.2) is 5.75 Å². The van der Waals surface area contributed by atoms with E-state index in [4.69, 9.17) is 16.3 Å². The molecule has 1 aliphatic heterocycles. The summed E-state index contributed by atoms with van der Waals surface area (Å²) in [6.45, 7) is 2.36. The lowest BCUT2D eigenvalue weighted by Gasteiger charge is -2.09. The highest BCUT2D eigenvalue weighted by Crippen LogP contribution is 2.37. The summed E-state index contributed by atoms with van der Waals surface area (Å²) in [5.41, 5.74) is 0.731. The second kappa shape index (κ2) is 6.85. The number of carbonyl (C=O) groups excluding carboxylic acids is 2. The van der Waals surface area contributed by atoms with Crippen LogP contribution in [0.2, 0.25) is 5.02 Å². The Morgan fingerprint density at radius 1 is 1.43 bits per heavy atom. The first-order valence-electron chi connectivity index (χ1n) is 6.26. The monoisotopic (exact) mass is 389 g/mol. The summed E-state index contributed by atoms with van der Waals surface area (Å²) in [6, 6.07) is 3.48.